The number of hydrogen-bond donors (Lipinski definition) is 1. The highest BCUT2D eigenvalue weighted by Crippen LogP contribution is 2.49. The number of benzene rings is 2. The van der Waals surface area contributed by atoms with Crippen LogP contribution in [0.1, 0.15) is 19.4 Å². The van der Waals surface area contributed by atoms with Crippen molar-refractivity contribution in [3.8, 4) is 11.1 Å². The van der Waals surface area contributed by atoms with E-state index in [9.17, 15) is 22.4 Å². The van der Waals surface area contributed by atoms with Gasteiger partial charge in [0.2, 0.25) is 0 Å². The molecule has 1 saturated heterocycles. The van der Waals surface area contributed by atoms with Crippen molar-refractivity contribution in [2.45, 2.75) is 49.7 Å². The van der Waals surface area contributed by atoms with Crippen LogP contribution in [0.3, 0.4) is 0 Å². The van der Waals surface area contributed by atoms with Gasteiger partial charge in [0, 0.05) is 64.9 Å². The number of alkyl halides is 3. The predicted octanol–water partition coefficient (Wildman–Crippen LogP) is 5.25. The fourth-order valence-corrected chi connectivity index (χ4v) is 7.02. The van der Waals surface area contributed by atoms with Crippen LogP contribution in [0.5, 0.6) is 0 Å². The van der Waals surface area contributed by atoms with E-state index in [0.717, 1.165) is 23.9 Å². The van der Waals surface area contributed by atoms with Crippen LogP contribution in [0.4, 0.5) is 27.8 Å². The van der Waals surface area contributed by atoms with Crippen molar-refractivity contribution in [3.05, 3.63) is 50.9 Å². The molecule has 0 aliphatic carbocycles. The van der Waals surface area contributed by atoms with Crippen molar-refractivity contribution in [3.63, 3.8) is 0 Å². The molecule has 0 amide bonds. The summed E-state index contributed by atoms with van der Waals surface area (Å²) in [4.78, 5) is 21.7. The Labute approximate surface area is 249 Å². The average Bonchev–Trinajstić information content (AvgIpc) is 3.08. The zero-order chi connectivity index (χ0) is 30.5. The van der Waals surface area contributed by atoms with E-state index in [1.165, 1.54) is 4.57 Å². The summed E-state index contributed by atoms with van der Waals surface area (Å²) in [7, 11) is 3.76. The Morgan fingerprint density at radius 3 is 2.45 bits per heavy atom. The van der Waals surface area contributed by atoms with Crippen LogP contribution >= 0.6 is 23.4 Å². The summed E-state index contributed by atoms with van der Waals surface area (Å²) in [5, 5.41) is 2.97. The zero-order valence-electron chi connectivity index (χ0n) is 23.5. The van der Waals surface area contributed by atoms with E-state index in [4.69, 9.17) is 16.3 Å². The van der Waals surface area contributed by atoms with Gasteiger partial charge < -0.3 is 19.9 Å². The summed E-state index contributed by atoms with van der Waals surface area (Å²) in [6.45, 7) is 5.69. The first-order valence-corrected chi connectivity index (χ1v) is 14.8. The maximum atomic E-state index is 15.3. The lowest BCUT2D eigenvalue weighted by Gasteiger charge is -2.37. The minimum atomic E-state index is -4.93. The topological polar surface area (TPSA) is 62.6 Å². The molecule has 3 heterocycles. The van der Waals surface area contributed by atoms with Gasteiger partial charge in [-0.1, -0.05) is 11.6 Å². The molecule has 1 N–H and O–H groups in total. The predicted molar refractivity (Wildman–Crippen MR) is 155 cm³/mol. The van der Waals surface area contributed by atoms with Gasteiger partial charge in [-0.2, -0.15) is 18.2 Å². The smallest absolute Gasteiger partial charge is 0.374 e. The molecule has 0 bridgehead atoms. The van der Waals surface area contributed by atoms with Crippen molar-refractivity contribution in [2.24, 2.45) is 0 Å². The number of anilines is 1. The number of thioether (sulfide) groups is 1. The first-order valence-electron chi connectivity index (χ1n) is 13.5. The molecule has 7 nitrogen and oxygen atoms in total. The van der Waals surface area contributed by atoms with E-state index in [0.29, 0.717) is 32.3 Å². The minimum Gasteiger partial charge on any atom is -0.374 e. The maximum absolute atomic E-state index is 15.3. The van der Waals surface area contributed by atoms with E-state index in [-0.39, 0.29) is 46.0 Å². The van der Waals surface area contributed by atoms with Crippen LogP contribution in [0, 0.1) is 11.6 Å². The Balaban J connectivity index is 1.82. The molecule has 0 spiro atoms. The van der Waals surface area contributed by atoms with Crippen LogP contribution < -0.4 is 15.9 Å². The van der Waals surface area contributed by atoms with E-state index in [2.05, 4.69) is 10.3 Å². The molecule has 14 heteroatoms. The first-order chi connectivity index (χ1) is 19.7. The molecule has 2 aliphatic rings. The molecule has 3 aromatic rings. The molecule has 2 aliphatic heterocycles. The third-order valence-electron chi connectivity index (χ3n) is 7.33. The molecule has 5 rings (SSSR count). The first kappa shape index (κ1) is 31.0. The molecule has 0 unspecified atom stereocenters. The Hall–Kier alpha value is -2.45. The number of nitrogens with one attached hydrogen (secondary N) is 1. The number of nitrogens with zero attached hydrogens (tertiary/aromatic N) is 4. The highest BCUT2D eigenvalue weighted by Gasteiger charge is 2.39. The van der Waals surface area contributed by atoms with Crippen LogP contribution in [-0.4, -0.2) is 78.7 Å². The summed E-state index contributed by atoms with van der Waals surface area (Å²) in [6.07, 6.45) is -5.47. The molecular weight excluding hydrogens is 601 g/mol. The van der Waals surface area contributed by atoms with Crippen molar-refractivity contribution in [1.82, 2.24) is 19.8 Å². The largest absolute Gasteiger partial charge is 0.417 e. The van der Waals surface area contributed by atoms with Crippen molar-refractivity contribution < 1.29 is 26.7 Å². The summed E-state index contributed by atoms with van der Waals surface area (Å²) >= 11 is 6.99. The molecule has 42 heavy (non-hydrogen) atoms. The highest BCUT2D eigenvalue weighted by molar-refractivity contribution is 7.99. The standard InChI is InChI=1S/C28H31ClF5N5O2S/c1-14-10-38(11-15(2)35-14)26-18-7-19(28(32,33)34)23(17-8-20(29)22(31)9-21(17)30)25-24(18)39(27(40)36-26)12-16(13-42-25)41-6-5-37(3)4/h7-9,14-16,35H,5-6,10-13H2,1-4H3/t14-,15+,16-/m0/s1. The monoisotopic (exact) mass is 631 g/mol. The summed E-state index contributed by atoms with van der Waals surface area (Å²) in [5.74, 6) is -1.97. The third-order valence-corrected chi connectivity index (χ3v) is 8.85. The molecule has 2 aromatic carbocycles. The van der Waals surface area contributed by atoms with E-state index >= 15 is 4.39 Å². The number of aromatic nitrogens is 2. The SMILES string of the molecule is C[C@@H]1CN(c2nc(=O)n3c4c(c(-c5cc(Cl)c(F)cc5F)c(C(F)(F)F)cc24)SC[C@@H](OCCN(C)C)C3)C[C@H](C)N1. The Morgan fingerprint density at radius 1 is 1.12 bits per heavy atom. The normalized spacial score (nSPS) is 21.3. The molecule has 1 fully saturated rings. The van der Waals surface area contributed by atoms with Gasteiger partial charge in [0.1, 0.15) is 17.5 Å². The highest BCUT2D eigenvalue weighted by atomic mass is 35.5. The molecule has 0 saturated carbocycles. The number of hydrogen-bond acceptors (Lipinski definition) is 7. The molecular formula is C28H31ClF5N5O2S. The van der Waals surface area contributed by atoms with Crippen LogP contribution in [0.2, 0.25) is 5.02 Å². The van der Waals surface area contributed by atoms with Crippen molar-refractivity contribution in [1.29, 1.82) is 0 Å². The number of rotatable bonds is 6. The van der Waals surface area contributed by atoms with Gasteiger partial charge in [0.25, 0.3) is 0 Å². The van der Waals surface area contributed by atoms with Crippen molar-refractivity contribution >= 4 is 40.1 Å². The second-order valence-corrected chi connectivity index (χ2v) is 12.5. The number of halogens is 6. The van der Waals surface area contributed by atoms with Gasteiger partial charge in [0.05, 0.1) is 35.4 Å². The van der Waals surface area contributed by atoms with Crippen LogP contribution in [-0.2, 0) is 17.5 Å². The quantitative estimate of drug-likeness (QED) is 0.295. The van der Waals surface area contributed by atoms with Crippen LogP contribution in [0.15, 0.2) is 27.9 Å². The third kappa shape index (κ3) is 6.12. The number of likely N-dealkylation sites (N-methyl/N-ethyl adjacent to an activating group) is 1. The Bertz CT molecular complexity index is 1560. The molecule has 3 atom stereocenters. The maximum Gasteiger partial charge on any atom is 0.417 e. The molecule has 1 aromatic heterocycles. The lowest BCUT2D eigenvalue weighted by Crippen LogP contribution is -2.55. The van der Waals surface area contributed by atoms with Gasteiger partial charge in [-0.05, 0) is 40.1 Å². The zero-order valence-corrected chi connectivity index (χ0v) is 25.1. The molecule has 0 radical (unpaired) electrons. The second kappa shape index (κ2) is 11.9. The van der Waals surface area contributed by atoms with Gasteiger partial charge >= 0.3 is 11.9 Å². The van der Waals surface area contributed by atoms with Crippen LogP contribution in [0.25, 0.3) is 22.0 Å². The average molecular weight is 632 g/mol. The van der Waals surface area contributed by atoms with Gasteiger partial charge in [-0.15, -0.1) is 11.8 Å². The number of piperazine rings is 1. The van der Waals surface area contributed by atoms with Gasteiger partial charge in [-0.3, -0.25) is 4.57 Å². The Morgan fingerprint density at radius 2 is 1.81 bits per heavy atom. The van der Waals surface area contributed by atoms with Crippen molar-refractivity contribution in [2.75, 3.05) is 51.0 Å². The van der Waals surface area contributed by atoms with E-state index in [1.807, 2.05) is 37.7 Å². The fourth-order valence-electron chi connectivity index (χ4n) is 5.58. The summed E-state index contributed by atoms with van der Waals surface area (Å²) in [6, 6.07) is 2.24. The molecule has 228 valence electrons. The summed E-state index contributed by atoms with van der Waals surface area (Å²) < 4.78 is 81.2. The Kier molecular flexibility index (Phi) is 8.79. The lowest BCUT2D eigenvalue weighted by molar-refractivity contribution is -0.137. The van der Waals surface area contributed by atoms with Gasteiger partial charge in [0.15, 0.2) is 0 Å². The minimum absolute atomic E-state index is 0.0103. The lowest BCUT2D eigenvalue weighted by atomic mass is 9.95. The number of ether oxygens (including phenoxy) is 1. The van der Waals surface area contributed by atoms with E-state index in [1.54, 1.807) is 0 Å². The fraction of sp³-hybridized carbons (Fsp3) is 0.500. The second-order valence-electron chi connectivity index (χ2n) is 11.1. The van der Waals surface area contributed by atoms with Gasteiger partial charge in [-0.25, -0.2) is 13.6 Å². The summed E-state index contributed by atoms with van der Waals surface area (Å²) in [5.41, 5.74) is -2.58. The van der Waals surface area contributed by atoms with E-state index < -0.39 is 51.3 Å².